The summed E-state index contributed by atoms with van der Waals surface area (Å²) in [6.07, 6.45) is 0.697. The van der Waals surface area contributed by atoms with Gasteiger partial charge in [0, 0.05) is 5.56 Å². The molecule has 0 aliphatic carbocycles. The summed E-state index contributed by atoms with van der Waals surface area (Å²) in [7, 11) is 5.01. The van der Waals surface area contributed by atoms with Gasteiger partial charge in [0.15, 0.2) is 11.5 Å². The van der Waals surface area contributed by atoms with E-state index in [1.54, 1.807) is 26.4 Å². The summed E-state index contributed by atoms with van der Waals surface area (Å²) in [6.45, 7) is 0.775. The first-order chi connectivity index (χ1) is 7.24. The largest absolute Gasteiger partial charge is 0.508 e. The minimum atomic E-state index is 0.239. The Hall–Kier alpha value is -1.42. The van der Waals surface area contributed by atoms with E-state index in [0.29, 0.717) is 17.9 Å². The highest BCUT2D eigenvalue weighted by molar-refractivity contribution is 5.53. The first-order valence-corrected chi connectivity index (χ1v) is 4.82. The van der Waals surface area contributed by atoms with Crippen molar-refractivity contribution >= 4 is 0 Å². The molecule has 0 aliphatic heterocycles. The van der Waals surface area contributed by atoms with E-state index in [9.17, 15) is 5.11 Å². The fourth-order valence-electron chi connectivity index (χ4n) is 1.47. The van der Waals surface area contributed by atoms with Crippen molar-refractivity contribution < 1.29 is 14.6 Å². The molecule has 0 saturated carbocycles. The Morgan fingerprint density at radius 3 is 2.53 bits per heavy atom. The van der Waals surface area contributed by atoms with Crippen LogP contribution >= 0.6 is 0 Å². The number of phenols is 1. The summed E-state index contributed by atoms with van der Waals surface area (Å²) in [5, 5.41) is 12.7. The maximum atomic E-state index is 9.71. The second-order valence-electron chi connectivity index (χ2n) is 3.15. The zero-order valence-electron chi connectivity index (χ0n) is 9.33. The summed E-state index contributed by atoms with van der Waals surface area (Å²) >= 11 is 0. The predicted octanol–water partition coefficient (Wildman–Crippen LogP) is 1.17. The van der Waals surface area contributed by atoms with E-state index < -0.39 is 0 Å². The van der Waals surface area contributed by atoms with Crippen LogP contribution in [0.4, 0.5) is 0 Å². The average molecular weight is 211 g/mol. The Balaban J connectivity index is 3.07. The van der Waals surface area contributed by atoms with Crippen LogP contribution in [0, 0.1) is 0 Å². The number of likely N-dealkylation sites (N-methyl/N-ethyl adjacent to an activating group) is 1. The number of phenolic OH excluding ortho intramolecular Hbond substituents is 1. The highest BCUT2D eigenvalue weighted by Gasteiger charge is 2.13. The second kappa shape index (κ2) is 5.46. The normalized spacial score (nSPS) is 10.1. The van der Waals surface area contributed by atoms with E-state index in [2.05, 4.69) is 5.32 Å². The van der Waals surface area contributed by atoms with Crippen LogP contribution < -0.4 is 14.8 Å². The van der Waals surface area contributed by atoms with Gasteiger partial charge in [-0.25, -0.2) is 0 Å². The molecule has 0 bridgehead atoms. The average Bonchev–Trinajstić information content (AvgIpc) is 2.27. The maximum Gasteiger partial charge on any atom is 0.167 e. The topological polar surface area (TPSA) is 50.7 Å². The molecule has 0 saturated heterocycles. The molecule has 0 atom stereocenters. The highest BCUT2D eigenvalue weighted by Crippen LogP contribution is 2.36. The van der Waals surface area contributed by atoms with E-state index in [0.717, 1.165) is 12.1 Å². The van der Waals surface area contributed by atoms with E-state index in [1.807, 2.05) is 7.05 Å². The van der Waals surface area contributed by atoms with Gasteiger partial charge in [-0.3, -0.25) is 0 Å². The lowest BCUT2D eigenvalue weighted by Crippen LogP contribution is -2.11. The Bertz CT molecular complexity index is 326. The van der Waals surface area contributed by atoms with Crippen molar-refractivity contribution in [2.45, 2.75) is 6.42 Å². The monoisotopic (exact) mass is 211 g/mol. The summed E-state index contributed by atoms with van der Waals surface area (Å²) in [4.78, 5) is 0. The molecule has 0 fully saturated rings. The molecule has 0 aromatic heterocycles. The van der Waals surface area contributed by atoms with Crippen LogP contribution in [0.3, 0.4) is 0 Å². The van der Waals surface area contributed by atoms with Crippen molar-refractivity contribution in [3.63, 3.8) is 0 Å². The molecular formula is C11H17NO3. The number of aromatic hydroxyl groups is 1. The Morgan fingerprint density at radius 1 is 1.27 bits per heavy atom. The SMILES string of the molecule is CNCCc1c(O)ccc(OC)c1OC. The first kappa shape index (κ1) is 11.7. The molecule has 4 nitrogen and oxygen atoms in total. The lowest BCUT2D eigenvalue weighted by Gasteiger charge is -2.13. The number of hydrogen-bond acceptors (Lipinski definition) is 4. The van der Waals surface area contributed by atoms with E-state index in [4.69, 9.17) is 9.47 Å². The molecule has 0 amide bonds. The zero-order valence-corrected chi connectivity index (χ0v) is 9.33. The van der Waals surface area contributed by atoms with Crippen molar-refractivity contribution in [3.8, 4) is 17.2 Å². The third kappa shape index (κ3) is 2.53. The smallest absolute Gasteiger partial charge is 0.167 e. The summed E-state index contributed by atoms with van der Waals surface area (Å²) in [5.74, 6) is 1.48. The molecule has 84 valence electrons. The molecule has 0 heterocycles. The molecule has 0 spiro atoms. The van der Waals surface area contributed by atoms with Crippen LogP contribution in [0.2, 0.25) is 0 Å². The van der Waals surface area contributed by atoms with Gasteiger partial charge < -0.3 is 19.9 Å². The van der Waals surface area contributed by atoms with Crippen LogP contribution in [0.15, 0.2) is 12.1 Å². The Labute approximate surface area is 89.8 Å². The lowest BCUT2D eigenvalue weighted by molar-refractivity contribution is 0.346. The number of ether oxygens (including phenoxy) is 2. The van der Waals surface area contributed by atoms with Crippen LogP contribution in [-0.4, -0.2) is 32.9 Å². The summed E-state index contributed by atoms with van der Waals surface area (Å²) < 4.78 is 10.4. The van der Waals surface area contributed by atoms with Crippen LogP contribution in [0.25, 0.3) is 0 Å². The van der Waals surface area contributed by atoms with Gasteiger partial charge in [0.2, 0.25) is 0 Å². The van der Waals surface area contributed by atoms with Crippen LogP contribution in [0.1, 0.15) is 5.56 Å². The fourth-order valence-corrected chi connectivity index (χ4v) is 1.47. The van der Waals surface area contributed by atoms with Gasteiger partial charge >= 0.3 is 0 Å². The lowest BCUT2D eigenvalue weighted by atomic mass is 10.1. The maximum absolute atomic E-state index is 9.71. The first-order valence-electron chi connectivity index (χ1n) is 4.82. The second-order valence-corrected chi connectivity index (χ2v) is 3.15. The predicted molar refractivity (Wildman–Crippen MR) is 58.8 cm³/mol. The fraction of sp³-hybridized carbons (Fsp3) is 0.455. The van der Waals surface area contributed by atoms with Gasteiger partial charge in [-0.05, 0) is 32.1 Å². The van der Waals surface area contributed by atoms with Crippen molar-refractivity contribution in [1.82, 2.24) is 5.32 Å². The molecule has 1 rings (SSSR count). The van der Waals surface area contributed by atoms with Gasteiger partial charge in [-0.1, -0.05) is 0 Å². The molecule has 1 aromatic rings. The summed E-state index contributed by atoms with van der Waals surface area (Å²) in [5.41, 5.74) is 0.770. The van der Waals surface area contributed by atoms with E-state index in [-0.39, 0.29) is 5.75 Å². The Morgan fingerprint density at radius 2 is 2.00 bits per heavy atom. The molecule has 0 unspecified atom stereocenters. The Kier molecular flexibility index (Phi) is 4.24. The van der Waals surface area contributed by atoms with Crippen molar-refractivity contribution in [2.75, 3.05) is 27.8 Å². The van der Waals surface area contributed by atoms with Gasteiger partial charge in [0.25, 0.3) is 0 Å². The quantitative estimate of drug-likeness (QED) is 0.767. The van der Waals surface area contributed by atoms with Gasteiger partial charge in [-0.2, -0.15) is 0 Å². The van der Waals surface area contributed by atoms with Crippen molar-refractivity contribution in [3.05, 3.63) is 17.7 Å². The minimum Gasteiger partial charge on any atom is -0.508 e. The van der Waals surface area contributed by atoms with Crippen molar-refractivity contribution in [2.24, 2.45) is 0 Å². The molecule has 2 N–H and O–H groups in total. The van der Waals surface area contributed by atoms with Gasteiger partial charge in [-0.15, -0.1) is 0 Å². The van der Waals surface area contributed by atoms with Crippen LogP contribution in [-0.2, 0) is 6.42 Å². The summed E-state index contributed by atoms with van der Waals surface area (Å²) in [6, 6.07) is 3.31. The number of nitrogens with one attached hydrogen (secondary N) is 1. The number of benzene rings is 1. The van der Waals surface area contributed by atoms with E-state index >= 15 is 0 Å². The number of hydrogen-bond donors (Lipinski definition) is 2. The zero-order chi connectivity index (χ0) is 11.3. The molecule has 4 heteroatoms. The van der Waals surface area contributed by atoms with Crippen molar-refractivity contribution in [1.29, 1.82) is 0 Å². The standard InChI is InChI=1S/C11H17NO3/c1-12-7-6-8-9(13)4-5-10(14-2)11(8)15-3/h4-5,12-13H,6-7H2,1-3H3. The highest BCUT2D eigenvalue weighted by atomic mass is 16.5. The third-order valence-corrected chi connectivity index (χ3v) is 2.25. The molecule has 1 aromatic carbocycles. The van der Waals surface area contributed by atoms with Gasteiger partial charge in [0.1, 0.15) is 5.75 Å². The minimum absolute atomic E-state index is 0.239. The molecular weight excluding hydrogens is 194 g/mol. The molecule has 0 radical (unpaired) electrons. The van der Waals surface area contributed by atoms with E-state index in [1.165, 1.54) is 0 Å². The molecule has 0 aliphatic rings. The number of methoxy groups -OCH3 is 2. The molecule has 15 heavy (non-hydrogen) atoms. The van der Waals surface area contributed by atoms with Gasteiger partial charge in [0.05, 0.1) is 14.2 Å². The van der Waals surface area contributed by atoms with Crippen LogP contribution in [0.5, 0.6) is 17.2 Å². The number of rotatable bonds is 5. The third-order valence-electron chi connectivity index (χ3n) is 2.25.